The summed E-state index contributed by atoms with van der Waals surface area (Å²) in [5.74, 6) is -0.189. The molecule has 28 heavy (non-hydrogen) atoms. The molecular formula is C21H25N3O4. The Morgan fingerprint density at radius 3 is 2.21 bits per heavy atom. The van der Waals surface area contributed by atoms with Gasteiger partial charge in [0.15, 0.2) is 0 Å². The van der Waals surface area contributed by atoms with Crippen LogP contribution in [0.25, 0.3) is 0 Å². The molecular weight excluding hydrogens is 358 g/mol. The summed E-state index contributed by atoms with van der Waals surface area (Å²) in [5, 5.41) is 6.30. The van der Waals surface area contributed by atoms with Crippen LogP contribution < -0.4 is 20.2 Å². The molecule has 148 valence electrons. The van der Waals surface area contributed by atoms with Crippen molar-refractivity contribution in [3.63, 3.8) is 0 Å². The number of nitrogens with zero attached hydrogens (tertiary/aromatic N) is 1. The number of nitrogens with one attached hydrogen (secondary N) is 2. The minimum Gasteiger partial charge on any atom is -0.494 e. The largest absolute Gasteiger partial charge is 0.494 e. The number of rotatable bonds is 9. The van der Waals surface area contributed by atoms with E-state index in [1.54, 1.807) is 24.3 Å². The summed E-state index contributed by atoms with van der Waals surface area (Å²) in [6.07, 6.45) is 3.54. The van der Waals surface area contributed by atoms with Crippen molar-refractivity contribution < 1.29 is 19.1 Å². The molecule has 0 unspecified atom stereocenters. The Hall–Kier alpha value is -3.35. The summed E-state index contributed by atoms with van der Waals surface area (Å²) < 4.78 is 10.9. The number of unbranched alkanes of at least 4 members (excludes halogenated alkanes) is 1. The molecule has 0 spiro atoms. The van der Waals surface area contributed by atoms with E-state index in [1.165, 1.54) is 6.21 Å². The van der Waals surface area contributed by atoms with E-state index in [0.717, 1.165) is 24.2 Å². The quantitative estimate of drug-likeness (QED) is 0.301. The van der Waals surface area contributed by atoms with Gasteiger partial charge in [0, 0.05) is 5.69 Å². The van der Waals surface area contributed by atoms with Crippen LogP contribution in [-0.4, -0.2) is 31.2 Å². The number of carbonyl (C=O) groups is 2. The van der Waals surface area contributed by atoms with Gasteiger partial charge in [-0.25, -0.2) is 5.43 Å². The van der Waals surface area contributed by atoms with Crippen LogP contribution in [0.1, 0.15) is 32.3 Å². The zero-order valence-corrected chi connectivity index (χ0v) is 16.1. The normalized spacial score (nSPS) is 10.5. The van der Waals surface area contributed by atoms with Crippen molar-refractivity contribution in [3.8, 4) is 11.5 Å². The van der Waals surface area contributed by atoms with Crippen LogP contribution in [0.5, 0.6) is 11.5 Å². The zero-order valence-electron chi connectivity index (χ0n) is 16.1. The number of hydrogen-bond donors (Lipinski definition) is 2. The number of carbonyl (C=O) groups excluding carboxylic acids is 2. The van der Waals surface area contributed by atoms with Crippen molar-refractivity contribution in [1.29, 1.82) is 0 Å². The highest BCUT2D eigenvalue weighted by molar-refractivity contribution is 6.39. The fourth-order valence-corrected chi connectivity index (χ4v) is 2.19. The molecule has 2 aromatic rings. The molecule has 2 aromatic carbocycles. The molecule has 0 aliphatic carbocycles. The first-order valence-electron chi connectivity index (χ1n) is 9.22. The van der Waals surface area contributed by atoms with Crippen molar-refractivity contribution >= 4 is 23.7 Å². The Kier molecular flexibility index (Phi) is 8.52. The first-order chi connectivity index (χ1) is 13.6. The Morgan fingerprint density at radius 2 is 1.57 bits per heavy atom. The van der Waals surface area contributed by atoms with E-state index < -0.39 is 11.8 Å². The van der Waals surface area contributed by atoms with Crippen molar-refractivity contribution in [1.82, 2.24) is 5.43 Å². The van der Waals surface area contributed by atoms with E-state index in [2.05, 4.69) is 22.8 Å². The van der Waals surface area contributed by atoms with E-state index in [-0.39, 0.29) is 0 Å². The van der Waals surface area contributed by atoms with Gasteiger partial charge in [0.1, 0.15) is 11.5 Å². The van der Waals surface area contributed by atoms with E-state index in [4.69, 9.17) is 9.47 Å². The lowest BCUT2D eigenvalue weighted by molar-refractivity contribution is -0.136. The Bertz CT molecular complexity index is 786. The zero-order chi connectivity index (χ0) is 20.2. The molecule has 0 aliphatic rings. The van der Waals surface area contributed by atoms with Gasteiger partial charge >= 0.3 is 11.8 Å². The van der Waals surface area contributed by atoms with Crippen LogP contribution in [-0.2, 0) is 9.59 Å². The highest BCUT2D eigenvalue weighted by Crippen LogP contribution is 2.15. The summed E-state index contributed by atoms with van der Waals surface area (Å²) in [6.45, 7) is 5.23. The number of hydrazone groups is 1. The summed E-state index contributed by atoms with van der Waals surface area (Å²) in [4.78, 5) is 23.7. The van der Waals surface area contributed by atoms with E-state index in [9.17, 15) is 9.59 Å². The van der Waals surface area contributed by atoms with Gasteiger partial charge in [-0.2, -0.15) is 5.10 Å². The van der Waals surface area contributed by atoms with Crippen molar-refractivity contribution in [2.45, 2.75) is 26.7 Å². The van der Waals surface area contributed by atoms with Gasteiger partial charge < -0.3 is 14.8 Å². The highest BCUT2D eigenvalue weighted by Gasteiger charge is 2.12. The topological polar surface area (TPSA) is 89.0 Å². The molecule has 2 rings (SSSR count). The second kappa shape index (κ2) is 11.4. The van der Waals surface area contributed by atoms with Crippen molar-refractivity contribution in [3.05, 3.63) is 54.1 Å². The molecule has 0 aromatic heterocycles. The van der Waals surface area contributed by atoms with Crippen LogP contribution in [0, 0.1) is 0 Å². The molecule has 7 heteroatoms. The maximum absolute atomic E-state index is 11.9. The molecule has 0 aliphatic heterocycles. The number of ether oxygens (including phenoxy) is 2. The third-order valence-electron chi connectivity index (χ3n) is 3.66. The van der Waals surface area contributed by atoms with Crippen molar-refractivity contribution in [2.75, 3.05) is 18.5 Å². The smallest absolute Gasteiger partial charge is 0.329 e. The molecule has 0 saturated carbocycles. The molecule has 0 heterocycles. The summed E-state index contributed by atoms with van der Waals surface area (Å²) in [5.41, 5.74) is 3.47. The SMILES string of the molecule is CCCCOc1ccc(/C=N\NC(=O)C(=O)Nc2ccc(OCC)cc2)cc1. The van der Waals surface area contributed by atoms with Gasteiger partial charge in [0.25, 0.3) is 0 Å². The third kappa shape index (κ3) is 7.11. The Labute approximate surface area is 164 Å². The number of benzene rings is 2. The number of amides is 2. The van der Waals surface area contributed by atoms with Crippen LogP contribution >= 0.6 is 0 Å². The summed E-state index contributed by atoms with van der Waals surface area (Å²) >= 11 is 0. The lowest BCUT2D eigenvalue weighted by Gasteiger charge is -2.06. The van der Waals surface area contributed by atoms with Gasteiger partial charge in [-0.1, -0.05) is 13.3 Å². The highest BCUT2D eigenvalue weighted by atomic mass is 16.5. The molecule has 0 radical (unpaired) electrons. The molecule has 7 nitrogen and oxygen atoms in total. The molecule has 2 amide bonds. The maximum atomic E-state index is 11.9. The second-order valence-electron chi connectivity index (χ2n) is 5.88. The van der Waals surface area contributed by atoms with Crippen LogP contribution in [0.4, 0.5) is 5.69 Å². The summed E-state index contributed by atoms with van der Waals surface area (Å²) in [6, 6.07) is 14.0. The average molecular weight is 383 g/mol. The average Bonchev–Trinajstić information content (AvgIpc) is 2.71. The van der Waals surface area contributed by atoms with Gasteiger partial charge in [-0.15, -0.1) is 0 Å². The van der Waals surface area contributed by atoms with Gasteiger partial charge in [0.2, 0.25) is 0 Å². The molecule has 0 bridgehead atoms. The standard InChI is InChI=1S/C21H25N3O4/c1-3-5-14-28-19-10-6-16(7-11-19)15-22-24-21(26)20(25)23-17-8-12-18(13-9-17)27-4-2/h6-13,15H,3-5,14H2,1-2H3,(H,23,25)(H,24,26)/b22-15-. The fourth-order valence-electron chi connectivity index (χ4n) is 2.19. The van der Waals surface area contributed by atoms with Crippen LogP contribution in [0.3, 0.4) is 0 Å². The molecule has 2 N–H and O–H groups in total. The Morgan fingerprint density at radius 1 is 0.929 bits per heavy atom. The first-order valence-corrected chi connectivity index (χ1v) is 9.22. The molecule has 0 atom stereocenters. The van der Waals surface area contributed by atoms with Gasteiger partial charge in [0.05, 0.1) is 19.4 Å². The number of anilines is 1. The lowest BCUT2D eigenvalue weighted by Crippen LogP contribution is -2.32. The maximum Gasteiger partial charge on any atom is 0.329 e. The monoisotopic (exact) mass is 383 g/mol. The van der Waals surface area contributed by atoms with E-state index in [0.29, 0.717) is 24.7 Å². The van der Waals surface area contributed by atoms with Crippen LogP contribution in [0.2, 0.25) is 0 Å². The second-order valence-corrected chi connectivity index (χ2v) is 5.88. The first kappa shape index (κ1) is 21.0. The Balaban J connectivity index is 1.79. The predicted molar refractivity (Wildman–Crippen MR) is 109 cm³/mol. The van der Waals surface area contributed by atoms with E-state index >= 15 is 0 Å². The van der Waals surface area contributed by atoms with Crippen LogP contribution in [0.15, 0.2) is 53.6 Å². The van der Waals surface area contributed by atoms with Gasteiger partial charge in [-0.3, -0.25) is 9.59 Å². The molecule has 0 fully saturated rings. The lowest BCUT2D eigenvalue weighted by atomic mass is 10.2. The van der Waals surface area contributed by atoms with E-state index in [1.807, 2.05) is 31.2 Å². The predicted octanol–water partition coefficient (Wildman–Crippen LogP) is 3.35. The number of hydrogen-bond acceptors (Lipinski definition) is 5. The molecule has 0 saturated heterocycles. The van der Waals surface area contributed by atoms with Crippen molar-refractivity contribution in [2.24, 2.45) is 5.10 Å². The third-order valence-corrected chi connectivity index (χ3v) is 3.66. The minimum absolute atomic E-state index is 0.492. The minimum atomic E-state index is -0.857. The fraction of sp³-hybridized carbons (Fsp3) is 0.286. The van der Waals surface area contributed by atoms with Gasteiger partial charge in [-0.05, 0) is 67.4 Å². The summed E-state index contributed by atoms with van der Waals surface area (Å²) in [7, 11) is 0.